The number of ether oxygens (including phenoxy) is 3. The molecule has 0 N–H and O–H groups in total. The van der Waals surface area contributed by atoms with E-state index in [1.807, 2.05) is 0 Å². The molecule has 6 heteroatoms. The van der Waals surface area contributed by atoms with Crippen molar-refractivity contribution in [2.24, 2.45) is 23.7 Å². The van der Waals surface area contributed by atoms with Gasteiger partial charge < -0.3 is 14.2 Å². The predicted molar refractivity (Wildman–Crippen MR) is 65.2 cm³/mol. The van der Waals surface area contributed by atoms with E-state index in [-0.39, 0.29) is 24.4 Å². The molecule has 1 saturated heterocycles. The molecule has 3 aliphatic rings. The highest BCUT2D eigenvalue weighted by molar-refractivity contribution is 5.86. The first-order valence-electron chi connectivity index (χ1n) is 6.78. The van der Waals surface area contributed by atoms with E-state index < -0.39 is 36.0 Å². The third-order valence-corrected chi connectivity index (χ3v) is 4.52. The van der Waals surface area contributed by atoms with Gasteiger partial charge in [-0.1, -0.05) is 6.58 Å². The van der Waals surface area contributed by atoms with Gasteiger partial charge in [-0.2, -0.15) is 0 Å². The monoisotopic (exact) mass is 280 g/mol. The smallest absolute Gasteiger partial charge is 0.330 e. The molecule has 0 aromatic rings. The summed E-state index contributed by atoms with van der Waals surface area (Å²) in [6.07, 6.45) is 0.730. The first kappa shape index (κ1) is 13.1. The minimum absolute atomic E-state index is 0.0514. The summed E-state index contributed by atoms with van der Waals surface area (Å²) in [6, 6.07) is 0. The topological polar surface area (TPSA) is 78.9 Å². The second-order valence-corrected chi connectivity index (χ2v) is 5.37. The van der Waals surface area contributed by atoms with Crippen LogP contribution in [-0.2, 0) is 28.6 Å². The molecule has 0 aromatic carbocycles. The van der Waals surface area contributed by atoms with Crippen molar-refractivity contribution in [2.75, 3.05) is 6.61 Å². The van der Waals surface area contributed by atoms with Crippen LogP contribution in [-0.4, -0.2) is 36.7 Å². The minimum atomic E-state index is -0.567. The van der Waals surface area contributed by atoms with Crippen molar-refractivity contribution < 1.29 is 28.6 Å². The molecule has 2 aliphatic carbocycles. The lowest BCUT2D eigenvalue weighted by Crippen LogP contribution is -2.43. The van der Waals surface area contributed by atoms with Crippen LogP contribution in [0.15, 0.2) is 12.7 Å². The minimum Gasteiger partial charge on any atom is -0.466 e. The molecule has 1 aliphatic heterocycles. The maximum absolute atomic E-state index is 12.1. The quantitative estimate of drug-likeness (QED) is 0.423. The summed E-state index contributed by atoms with van der Waals surface area (Å²) in [5.74, 6) is -2.60. The number of carbonyl (C=O) groups excluding carboxylic acids is 3. The van der Waals surface area contributed by atoms with Gasteiger partial charge in [0.25, 0.3) is 0 Å². The van der Waals surface area contributed by atoms with Crippen molar-refractivity contribution in [3.05, 3.63) is 12.7 Å². The van der Waals surface area contributed by atoms with E-state index in [2.05, 4.69) is 6.58 Å². The Morgan fingerprint density at radius 3 is 2.85 bits per heavy atom. The van der Waals surface area contributed by atoms with Gasteiger partial charge >= 0.3 is 17.9 Å². The largest absolute Gasteiger partial charge is 0.466 e. The number of esters is 3. The number of hydrogen-bond acceptors (Lipinski definition) is 6. The summed E-state index contributed by atoms with van der Waals surface area (Å²) in [4.78, 5) is 35.4. The molecule has 0 aromatic heterocycles. The number of fused-ring (bicyclic) bond motifs is 1. The van der Waals surface area contributed by atoms with E-state index in [9.17, 15) is 14.4 Å². The third kappa shape index (κ3) is 1.67. The van der Waals surface area contributed by atoms with Gasteiger partial charge in [0, 0.05) is 17.9 Å². The molecular weight excluding hydrogens is 264 g/mol. The van der Waals surface area contributed by atoms with Crippen molar-refractivity contribution in [3.63, 3.8) is 0 Å². The summed E-state index contributed by atoms with van der Waals surface area (Å²) in [7, 11) is 0. The van der Waals surface area contributed by atoms with Gasteiger partial charge in [-0.15, -0.1) is 0 Å². The zero-order chi connectivity index (χ0) is 14.4. The molecule has 108 valence electrons. The van der Waals surface area contributed by atoms with Gasteiger partial charge in [0.2, 0.25) is 0 Å². The van der Waals surface area contributed by atoms with E-state index in [1.54, 1.807) is 6.92 Å². The average Bonchev–Trinajstić information content (AvgIpc) is 3.01. The number of rotatable bonds is 4. The summed E-state index contributed by atoms with van der Waals surface area (Å²) in [6.45, 7) is 5.33. The van der Waals surface area contributed by atoms with Crippen LogP contribution in [0.1, 0.15) is 13.3 Å². The normalized spacial score (nSPS) is 40.4. The fraction of sp³-hybridized carbons (Fsp3) is 0.643. The first-order chi connectivity index (χ1) is 9.58. The molecule has 20 heavy (non-hydrogen) atoms. The fourth-order valence-corrected chi connectivity index (χ4v) is 3.89. The highest BCUT2D eigenvalue weighted by atomic mass is 16.6. The van der Waals surface area contributed by atoms with Gasteiger partial charge in [-0.25, -0.2) is 4.79 Å². The Morgan fingerprint density at radius 2 is 2.20 bits per heavy atom. The van der Waals surface area contributed by atoms with Crippen molar-refractivity contribution in [1.29, 1.82) is 0 Å². The molecule has 0 amide bonds. The Bertz CT molecular complexity index is 484. The van der Waals surface area contributed by atoms with Crippen LogP contribution in [0.25, 0.3) is 0 Å². The summed E-state index contributed by atoms with van der Waals surface area (Å²) >= 11 is 0. The average molecular weight is 280 g/mol. The van der Waals surface area contributed by atoms with Gasteiger partial charge in [0.1, 0.15) is 12.2 Å². The second kappa shape index (κ2) is 4.61. The van der Waals surface area contributed by atoms with Gasteiger partial charge in [0.05, 0.1) is 18.4 Å². The fourth-order valence-electron chi connectivity index (χ4n) is 3.89. The highest BCUT2D eigenvalue weighted by Gasteiger charge is 2.70. The Balaban J connectivity index is 1.86. The molecule has 2 bridgehead atoms. The van der Waals surface area contributed by atoms with Crippen molar-refractivity contribution in [1.82, 2.24) is 0 Å². The Hall–Kier alpha value is -1.85. The Kier molecular flexibility index (Phi) is 3.03. The lowest BCUT2D eigenvalue weighted by Gasteiger charge is -2.29. The van der Waals surface area contributed by atoms with Crippen LogP contribution in [0.4, 0.5) is 0 Å². The van der Waals surface area contributed by atoms with Gasteiger partial charge in [-0.3, -0.25) is 9.59 Å². The Labute approximate surface area is 116 Å². The molecule has 2 saturated carbocycles. The van der Waals surface area contributed by atoms with Crippen LogP contribution in [0.5, 0.6) is 0 Å². The van der Waals surface area contributed by atoms with E-state index in [0.29, 0.717) is 6.42 Å². The lowest BCUT2D eigenvalue weighted by atomic mass is 9.78. The number of carbonyl (C=O) groups is 3. The summed E-state index contributed by atoms with van der Waals surface area (Å²) in [5.41, 5.74) is 0. The van der Waals surface area contributed by atoms with Crippen molar-refractivity contribution >= 4 is 17.9 Å². The van der Waals surface area contributed by atoms with Crippen molar-refractivity contribution in [2.45, 2.75) is 25.6 Å². The van der Waals surface area contributed by atoms with Gasteiger partial charge in [-0.05, 0) is 13.3 Å². The number of hydrogen-bond donors (Lipinski definition) is 0. The van der Waals surface area contributed by atoms with E-state index >= 15 is 0 Å². The van der Waals surface area contributed by atoms with Crippen molar-refractivity contribution in [3.8, 4) is 0 Å². The van der Waals surface area contributed by atoms with Crippen LogP contribution in [0, 0.1) is 23.7 Å². The molecule has 3 rings (SSSR count). The molecule has 0 radical (unpaired) electrons. The Morgan fingerprint density at radius 1 is 1.45 bits per heavy atom. The summed E-state index contributed by atoms with van der Waals surface area (Å²) in [5, 5.41) is 0. The van der Waals surface area contributed by atoms with E-state index in [1.165, 1.54) is 0 Å². The maximum Gasteiger partial charge on any atom is 0.330 e. The van der Waals surface area contributed by atoms with Crippen LogP contribution >= 0.6 is 0 Å². The van der Waals surface area contributed by atoms with Gasteiger partial charge in [0.15, 0.2) is 0 Å². The molecule has 3 fully saturated rings. The molecule has 6 nitrogen and oxygen atoms in total. The highest BCUT2D eigenvalue weighted by Crippen LogP contribution is 2.58. The second-order valence-electron chi connectivity index (χ2n) is 5.37. The molecular formula is C14H16O6. The zero-order valence-corrected chi connectivity index (χ0v) is 11.1. The van der Waals surface area contributed by atoms with Crippen LogP contribution < -0.4 is 0 Å². The predicted octanol–water partition coefficient (Wildman–Crippen LogP) is 0.455. The first-order valence-corrected chi connectivity index (χ1v) is 6.78. The van der Waals surface area contributed by atoms with E-state index in [0.717, 1.165) is 6.08 Å². The SMILES string of the molecule is C=CC(=O)OC1C2CC3C1OC(=O)C3C2C(=O)OCC. The standard InChI is InChI=1S/C14H16O6/c1-3-8(15)19-11-6-5-7-10(14(17)20-12(7)11)9(6)13(16)18-4-2/h3,6-7,9-12H,1,4-5H2,2H3. The zero-order valence-electron chi connectivity index (χ0n) is 11.1. The third-order valence-electron chi connectivity index (χ3n) is 4.52. The van der Waals surface area contributed by atoms with Crippen LogP contribution in [0.2, 0.25) is 0 Å². The molecule has 6 unspecified atom stereocenters. The van der Waals surface area contributed by atoms with E-state index in [4.69, 9.17) is 14.2 Å². The molecule has 1 heterocycles. The maximum atomic E-state index is 12.1. The summed E-state index contributed by atoms with van der Waals surface area (Å²) < 4.78 is 15.6. The molecule has 6 atom stereocenters. The molecule has 0 spiro atoms. The van der Waals surface area contributed by atoms with Crippen LogP contribution in [0.3, 0.4) is 0 Å². The lowest BCUT2D eigenvalue weighted by molar-refractivity contribution is -0.161.